The van der Waals surface area contributed by atoms with Crippen LogP contribution >= 0.6 is 0 Å². The van der Waals surface area contributed by atoms with E-state index in [1.807, 2.05) is 11.6 Å². The zero-order valence-electron chi connectivity index (χ0n) is 25.9. The van der Waals surface area contributed by atoms with E-state index in [2.05, 4.69) is 5.10 Å². The fraction of sp³-hybridized carbons (Fsp3) is 0.226. The van der Waals surface area contributed by atoms with Crippen molar-refractivity contribution in [2.24, 2.45) is 0 Å². The van der Waals surface area contributed by atoms with Gasteiger partial charge >= 0.3 is 12.3 Å². The number of nitrogens with one attached hydrogen (secondary N) is 1. The van der Waals surface area contributed by atoms with Gasteiger partial charge in [0.05, 0.1) is 33.9 Å². The minimum Gasteiger partial charge on any atom is -0.444 e. The van der Waals surface area contributed by atoms with Crippen molar-refractivity contribution < 1.29 is 50.2 Å². The SMILES string of the molecule is Cc1ccc(-c2cc(C(F)(F)F)nn2-c2ccc(S(=O)(=O)NC(=O)OC3CCN(n4on4OCN4C(=O)c5ccccc5C4=O)C3)cc2)cc1. The molecule has 260 valence electrons. The normalized spacial score (nSPS) is 16.3. The Morgan fingerprint density at radius 2 is 1.66 bits per heavy atom. The maximum absolute atomic E-state index is 13.5. The summed E-state index contributed by atoms with van der Waals surface area (Å²) >= 11 is 0. The molecule has 3 aromatic carbocycles. The fourth-order valence-corrected chi connectivity index (χ4v) is 6.34. The van der Waals surface area contributed by atoms with Crippen molar-refractivity contribution in [3.8, 4) is 16.9 Å². The van der Waals surface area contributed by atoms with Crippen LogP contribution < -0.4 is 14.6 Å². The predicted molar refractivity (Wildman–Crippen MR) is 165 cm³/mol. The van der Waals surface area contributed by atoms with Crippen LogP contribution in [0.15, 0.2) is 88.4 Å². The number of carbonyl (C=O) groups is 3. The van der Waals surface area contributed by atoms with Gasteiger partial charge in [-0.1, -0.05) is 42.0 Å². The number of rotatable bonds is 9. The number of sulfonamides is 1. The van der Waals surface area contributed by atoms with Crippen LogP contribution in [0.5, 0.6) is 0 Å². The van der Waals surface area contributed by atoms with E-state index in [4.69, 9.17) is 14.2 Å². The highest BCUT2D eigenvalue weighted by molar-refractivity contribution is 7.90. The Morgan fingerprint density at radius 3 is 2.30 bits per heavy atom. The monoisotopic (exact) mass is 713 g/mol. The summed E-state index contributed by atoms with van der Waals surface area (Å²) < 4.78 is 79.9. The van der Waals surface area contributed by atoms with Crippen molar-refractivity contribution in [3.05, 3.63) is 101 Å². The van der Waals surface area contributed by atoms with Gasteiger partial charge in [-0.15, -0.1) is 0 Å². The Balaban J connectivity index is 0.942. The molecular weight excluding hydrogens is 687 g/mol. The van der Waals surface area contributed by atoms with Crippen molar-refractivity contribution in [1.82, 2.24) is 29.4 Å². The summed E-state index contributed by atoms with van der Waals surface area (Å²) in [7, 11) is -4.43. The van der Waals surface area contributed by atoms with E-state index in [0.717, 1.165) is 38.4 Å². The Labute approximate surface area is 280 Å². The average Bonchev–Trinajstić information content (AvgIpc) is 3.36. The lowest BCUT2D eigenvalue weighted by atomic mass is 10.1. The molecule has 2 aliphatic rings. The first kappa shape index (κ1) is 32.6. The number of halogens is 3. The minimum absolute atomic E-state index is 0.0993. The molecule has 19 heteroatoms. The summed E-state index contributed by atoms with van der Waals surface area (Å²) in [6.07, 6.45) is -6.39. The van der Waals surface area contributed by atoms with Gasteiger partial charge in [-0.2, -0.15) is 22.9 Å². The second-order valence-corrected chi connectivity index (χ2v) is 13.1. The molecule has 4 heterocycles. The summed E-state index contributed by atoms with van der Waals surface area (Å²) in [6.45, 7) is 1.85. The van der Waals surface area contributed by atoms with E-state index >= 15 is 0 Å². The van der Waals surface area contributed by atoms with Crippen LogP contribution in [-0.2, 0) is 20.9 Å². The summed E-state index contributed by atoms with van der Waals surface area (Å²) in [6, 6.07) is 18.9. The Bertz CT molecular complexity index is 2170. The molecule has 1 N–H and O–H groups in total. The number of hydrogen-bond donors (Lipinski definition) is 1. The van der Waals surface area contributed by atoms with Crippen LogP contribution in [0.3, 0.4) is 0 Å². The predicted octanol–water partition coefficient (Wildman–Crippen LogP) is 3.57. The van der Waals surface area contributed by atoms with E-state index in [0.29, 0.717) is 18.5 Å². The molecule has 50 heavy (non-hydrogen) atoms. The van der Waals surface area contributed by atoms with Crippen molar-refractivity contribution in [2.75, 3.05) is 24.8 Å². The van der Waals surface area contributed by atoms with Gasteiger partial charge in [0, 0.05) is 23.5 Å². The number of fused-ring (bicyclic) bond motifs is 1. The second kappa shape index (κ2) is 12.2. The molecule has 2 aliphatic heterocycles. The van der Waals surface area contributed by atoms with Gasteiger partial charge in [-0.05, 0) is 49.4 Å². The number of imide groups is 1. The molecule has 3 amide bonds. The van der Waals surface area contributed by atoms with Gasteiger partial charge in [0.15, 0.2) is 5.69 Å². The smallest absolute Gasteiger partial charge is 0.435 e. The van der Waals surface area contributed by atoms with Crippen molar-refractivity contribution in [3.63, 3.8) is 0 Å². The number of amides is 3. The molecule has 1 unspecified atom stereocenters. The Morgan fingerprint density at radius 1 is 1.00 bits per heavy atom. The molecule has 0 bridgehead atoms. The lowest BCUT2D eigenvalue weighted by Gasteiger charge is -2.14. The van der Waals surface area contributed by atoms with Crippen LogP contribution in [-0.4, -0.2) is 76.9 Å². The Hall–Kier alpha value is -5.98. The van der Waals surface area contributed by atoms with Gasteiger partial charge < -0.3 is 9.57 Å². The summed E-state index contributed by atoms with van der Waals surface area (Å²) in [4.78, 5) is 44.7. The average molecular weight is 714 g/mol. The molecule has 0 saturated carbocycles. The highest BCUT2D eigenvalue weighted by atomic mass is 32.2. The van der Waals surface area contributed by atoms with Gasteiger partial charge in [-0.25, -0.2) is 27.5 Å². The van der Waals surface area contributed by atoms with Crippen LogP contribution in [0.2, 0.25) is 0 Å². The molecule has 7 rings (SSSR count). The molecule has 0 aliphatic carbocycles. The molecule has 15 nitrogen and oxygen atoms in total. The first-order chi connectivity index (χ1) is 23.8. The molecular formula is C31H26F3N7O8S. The number of aryl methyl sites for hydroxylation is 1. The molecule has 5 aromatic rings. The van der Waals surface area contributed by atoms with Crippen molar-refractivity contribution in [2.45, 2.75) is 30.5 Å². The third kappa shape index (κ3) is 6.29. The maximum Gasteiger partial charge on any atom is 0.435 e. The van der Waals surface area contributed by atoms with Crippen molar-refractivity contribution in [1.29, 1.82) is 0 Å². The highest BCUT2D eigenvalue weighted by Crippen LogP contribution is 2.33. The first-order valence-corrected chi connectivity index (χ1v) is 16.5. The third-order valence-corrected chi connectivity index (χ3v) is 9.36. The number of aromatic nitrogens is 4. The van der Waals surface area contributed by atoms with Crippen LogP contribution in [0.4, 0.5) is 18.0 Å². The van der Waals surface area contributed by atoms with E-state index in [9.17, 15) is 36.0 Å². The van der Waals surface area contributed by atoms with E-state index in [1.54, 1.807) is 53.5 Å². The van der Waals surface area contributed by atoms with Gasteiger partial charge in [0.2, 0.25) is 6.73 Å². The van der Waals surface area contributed by atoms with Gasteiger partial charge in [0.25, 0.3) is 21.8 Å². The van der Waals surface area contributed by atoms with Gasteiger partial charge in [-0.3, -0.25) is 14.6 Å². The highest BCUT2D eigenvalue weighted by Gasteiger charge is 2.38. The Kier molecular flexibility index (Phi) is 7.92. The number of ether oxygens (including phenoxy) is 1. The number of benzene rings is 3. The number of alkyl halides is 3. The lowest BCUT2D eigenvalue weighted by molar-refractivity contribution is -0.141. The van der Waals surface area contributed by atoms with E-state index in [1.165, 1.54) is 17.1 Å². The lowest BCUT2D eigenvalue weighted by Crippen LogP contribution is -2.38. The second-order valence-electron chi connectivity index (χ2n) is 11.4. The molecule has 0 radical (unpaired) electrons. The molecule has 0 spiro atoms. The maximum atomic E-state index is 13.5. The minimum atomic E-state index is -4.71. The van der Waals surface area contributed by atoms with Gasteiger partial charge in [0.1, 0.15) is 11.1 Å². The number of hydrogen-bond acceptors (Lipinski definition) is 10. The van der Waals surface area contributed by atoms with E-state index in [-0.39, 0.29) is 33.9 Å². The molecule has 2 aromatic heterocycles. The summed E-state index contributed by atoms with van der Waals surface area (Å²) in [5.41, 5.74) is 1.10. The van der Waals surface area contributed by atoms with E-state index < -0.39 is 52.6 Å². The molecule has 1 fully saturated rings. The zero-order chi connectivity index (χ0) is 35.4. The third-order valence-electron chi connectivity index (χ3n) is 8.03. The summed E-state index contributed by atoms with van der Waals surface area (Å²) in [5, 5.41) is 6.22. The number of nitrogens with zero attached hydrogens (tertiary/aromatic N) is 6. The zero-order valence-corrected chi connectivity index (χ0v) is 26.7. The molecule has 1 saturated heterocycles. The number of carbonyl (C=O) groups excluding carboxylic acids is 3. The standard InChI is InChI=1S/C31H26F3N7O8S/c1-19-6-8-20(9-7-19)26-16-27(31(32,33)34)35-39(26)21-10-12-23(13-11-21)50(45,46)36-30(44)48-22-14-15-37(17-22)40-41(49-40)47-18-38-28(42)24-4-2-3-5-25(24)29(38)43/h2-13,16,22H,14-15,17-18H2,1H3,(H,36,44). The topological polar surface area (TPSA) is 163 Å². The van der Waals surface area contributed by atoms with Crippen molar-refractivity contribution >= 4 is 27.9 Å². The fourth-order valence-electron chi connectivity index (χ4n) is 5.46. The quantitative estimate of drug-likeness (QED) is 0.224. The van der Waals surface area contributed by atoms with Crippen LogP contribution in [0, 0.1) is 6.92 Å². The summed E-state index contributed by atoms with van der Waals surface area (Å²) in [5.74, 6) is -1.01. The first-order valence-electron chi connectivity index (χ1n) is 15.0. The molecule has 1 atom stereocenters. The van der Waals surface area contributed by atoms with Crippen LogP contribution in [0.1, 0.15) is 38.4 Å². The largest absolute Gasteiger partial charge is 0.444 e. The van der Waals surface area contributed by atoms with Crippen LogP contribution in [0.25, 0.3) is 16.9 Å².